The van der Waals surface area contributed by atoms with Crippen molar-refractivity contribution in [3.8, 4) is 0 Å². The van der Waals surface area contributed by atoms with Crippen molar-refractivity contribution in [3.63, 3.8) is 0 Å². The van der Waals surface area contributed by atoms with E-state index in [2.05, 4.69) is 10.3 Å². The molecule has 2 amide bonds. The maximum absolute atomic E-state index is 12.2. The lowest BCUT2D eigenvalue weighted by Crippen LogP contribution is -2.40. The third-order valence-electron chi connectivity index (χ3n) is 2.83. The van der Waals surface area contributed by atoms with E-state index < -0.39 is 24.0 Å². The number of nitrogens with zero attached hydrogens (tertiary/aromatic N) is 2. The van der Waals surface area contributed by atoms with Crippen LogP contribution in [0.4, 0.5) is 5.13 Å². The van der Waals surface area contributed by atoms with Crippen molar-refractivity contribution < 1.29 is 24.6 Å². The van der Waals surface area contributed by atoms with Crippen LogP contribution in [-0.2, 0) is 9.59 Å². The Labute approximate surface area is 118 Å². The molecule has 1 aromatic heterocycles. The smallest absolute Gasteiger partial charge is 0.326 e. The predicted molar refractivity (Wildman–Crippen MR) is 69.5 cm³/mol. The molecule has 9 heteroatoms. The van der Waals surface area contributed by atoms with Gasteiger partial charge in [0.15, 0.2) is 5.13 Å². The van der Waals surface area contributed by atoms with Gasteiger partial charge in [-0.25, -0.2) is 9.78 Å². The number of thiazole rings is 1. The Morgan fingerprint density at radius 3 is 2.80 bits per heavy atom. The van der Waals surface area contributed by atoms with E-state index in [1.54, 1.807) is 0 Å². The number of carbonyl (C=O) groups is 3. The summed E-state index contributed by atoms with van der Waals surface area (Å²) in [6.07, 6.45) is -0.850. The van der Waals surface area contributed by atoms with Gasteiger partial charge in [-0.3, -0.25) is 9.59 Å². The highest BCUT2D eigenvalue weighted by molar-refractivity contribution is 7.14. The fourth-order valence-electron chi connectivity index (χ4n) is 2.00. The van der Waals surface area contributed by atoms with E-state index in [1.807, 2.05) is 0 Å². The first-order valence-electron chi connectivity index (χ1n) is 5.83. The van der Waals surface area contributed by atoms with Crippen molar-refractivity contribution in [1.82, 2.24) is 9.88 Å². The SMILES string of the molecule is CC(=O)Nc1nc(C(=O)N2C[C@H](O)C[C@@H]2C(=O)O)cs1. The molecule has 108 valence electrons. The molecule has 8 nitrogen and oxygen atoms in total. The van der Waals surface area contributed by atoms with Crippen LogP contribution in [0.15, 0.2) is 5.38 Å². The number of aliphatic hydroxyl groups excluding tert-OH is 1. The van der Waals surface area contributed by atoms with E-state index in [9.17, 15) is 19.5 Å². The number of carboxylic acid groups (broad SMARTS) is 1. The number of rotatable bonds is 3. The highest BCUT2D eigenvalue weighted by Crippen LogP contribution is 2.23. The molecule has 1 aromatic rings. The Balaban J connectivity index is 2.16. The number of hydrogen-bond donors (Lipinski definition) is 3. The topological polar surface area (TPSA) is 120 Å². The summed E-state index contributed by atoms with van der Waals surface area (Å²) in [5.74, 6) is -2.03. The van der Waals surface area contributed by atoms with Crippen molar-refractivity contribution >= 4 is 34.3 Å². The van der Waals surface area contributed by atoms with Gasteiger partial charge in [0, 0.05) is 25.3 Å². The number of likely N-dealkylation sites (tertiary alicyclic amines) is 1. The Morgan fingerprint density at radius 2 is 2.20 bits per heavy atom. The molecule has 20 heavy (non-hydrogen) atoms. The maximum Gasteiger partial charge on any atom is 0.326 e. The summed E-state index contributed by atoms with van der Waals surface area (Å²) >= 11 is 1.07. The molecule has 0 saturated carbocycles. The fraction of sp³-hybridized carbons (Fsp3) is 0.455. The number of aliphatic hydroxyl groups is 1. The minimum Gasteiger partial charge on any atom is -0.480 e. The molecule has 1 saturated heterocycles. The van der Waals surface area contributed by atoms with E-state index in [4.69, 9.17) is 5.11 Å². The summed E-state index contributed by atoms with van der Waals surface area (Å²) in [5, 5.41) is 22.7. The predicted octanol–water partition coefficient (Wildman–Crippen LogP) is -0.239. The molecule has 0 aromatic carbocycles. The van der Waals surface area contributed by atoms with Crippen LogP contribution in [0.2, 0.25) is 0 Å². The maximum atomic E-state index is 12.2. The van der Waals surface area contributed by atoms with Gasteiger partial charge in [-0.1, -0.05) is 0 Å². The standard InChI is InChI=1S/C11H13N3O5S/c1-5(15)12-11-13-7(4-20-11)9(17)14-3-6(16)2-8(14)10(18)19/h4,6,8,16H,2-3H2,1H3,(H,18,19)(H,12,13,15)/t6-,8-/m1/s1. The Hall–Kier alpha value is -2.00. The van der Waals surface area contributed by atoms with E-state index in [-0.39, 0.29) is 29.7 Å². The van der Waals surface area contributed by atoms with E-state index in [1.165, 1.54) is 12.3 Å². The number of aromatic nitrogens is 1. The second-order valence-corrected chi connectivity index (χ2v) is 5.28. The van der Waals surface area contributed by atoms with Crippen LogP contribution in [0.25, 0.3) is 0 Å². The van der Waals surface area contributed by atoms with Crippen LogP contribution >= 0.6 is 11.3 Å². The first kappa shape index (κ1) is 14.4. The van der Waals surface area contributed by atoms with Gasteiger partial charge in [-0.15, -0.1) is 11.3 Å². The first-order valence-corrected chi connectivity index (χ1v) is 6.71. The van der Waals surface area contributed by atoms with Gasteiger partial charge in [-0.2, -0.15) is 0 Å². The molecule has 0 spiro atoms. The molecule has 1 aliphatic rings. The number of carbonyl (C=O) groups excluding carboxylic acids is 2. The monoisotopic (exact) mass is 299 g/mol. The minimum atomic E-state index is -1.16. The van der Waals surface area contributed by atoms with Gasteiger partial charge in [-0.05, 0) is 0 Å². The number of aliphatic carboxylic acids is 1. The first-order chi connectivity index (χ1) is 9.38. The van der Waals surface area contributed by atoms with Crippen LogP contribution in [0, 0.1) is 0 Å². The molecule has 2 rings (SSSR count). The third-order valence-corrected chi connectivity index (χ3v) is 3.59. The second-order valence-electron chi connectivity index (χ2n) is 4.42. The highest BCUT2D eigenvalue weighted by atomic mass is 32.1. The Kier molecular flexibility index (Phi) is 4.00. The van der Waals surface area contributed by atoms with Crippen molar-refractivity contribution in [2.24, 2.45) is 0 Å². The average molecular weight is 299 g/mol. The van der Waals surface area contributed by atoms with Crippen molar-refractivity contribution in [1.29, 1.82) is 0 Å². The molecule has 1 aliphatic heterocycles. The summed E-state index contributed by atoms with van der Waals surface area (Å²) < 4.78 is 0. The van der Waals surface area contributed by atoms with Crippen molar-refractivity contribution in [3.05, 3.63) is 11.1 Å². The highest BCUT2D eigenvalue weighted by Gasteiger charge is 2.39. The van der Waals surface area contributed by atoms with E-state index >= 15 is 0 Å². The number of anilines is 1. The molecule has 0 radical (unpaired) electrons. The number of hydrogen-bond acceptors (Lipinski definition) is 6. The van der Waals surface area contributed by atoms with Gasteiger partial charge >= 0.3 is 5.97 Å². The zero-order chi connectivity index (χ0) is 14.9. The number of carboxylic acids is 1. The minimum absolute atomic E-state index is 0.00373. The van der Waals surface area contributed by atoms with Gasteiger partial charge in [0.25, 0.3) is 5.91 Å². The number of amides is 2. The summed E-state index contributed by atoms with van der Waals surface area (Å²) in [6.45, 7) is 1.28. The van der Waals surface area contributed by atoms with Gasteiger partial charge in [0.05, 0.1) is 6.10 Å². The number of β-amino-alcohol motifs (C(OH)–C–C–N with tert-alkyl or cyclic N) is 1. The van der Waals surface area contributed by atoms with Crippen molar-refractivity contribution in [2.75, 3.05) is 11.9 Å². The average Bonchev–Trinajstić information content (AvgIpc) is 2.94. The summed E-state index contributed by atoms with van der Waals surface area (Å²) in [5.41, 5.74) is 0.0547. The molecular weight excluding hydrogens is 286 g/mol. The Bertz CT molecular complexity index is 558. The molecule has 2 heterocycles. The summed E-state index contributed by atoms with van der Waals surface area (Å²) in [7, 11) is 0. The Morgan fingerprint density at radius 1 is 1.50 bits per heavy atom. The van der Waals surface area contributed by atoms with Crippen LogP contribution < -0.4 is 5.32 Å². The number of nitrogens with one attached hydrogen (secondary N) is 1. The van der Waals surface area contributed by atoms with Crippen LogP contribution in [0.3, 0.4) is 0 Å². The van der Waals surface area contributed by atoms with Crippen molar-refractivity contribution in [2.45, 2.75) is 25.5 Å². The molecule has 0 aliphatic carbocycles. The molecule has 1 fully saturated rings. The van der Waals surface area contributed by atoms with Gasteiger partial charge in [0.2, 0.25) is 5.91 Å². The second kappa shape index (κ2) is 5.55. The fourth-order valence-corrected chi connectivity index (χ4v) is 2.73. The van der Waals surface area contributed by atoms with E-state index in [0.29, 0.717) is 0 Å². The summed E-state index contributed by atoms with van der Waals surface area (Å²) in [4.78, 5) is 39.2. The molecule has 2 atom stereocenters. The zero-order valence-corrected chi connectivity index (χ0v) is 11.4. The third kappa shape index (κ3) is 2.94. The quantitative estimate of drug-likeness (QED) is 0.708. The van der Waals surface area contributed by atoms with Crippen LogP contribution in [-0.4, -0.2) is 56.6 Å². The summed E-state index contributed by atoms with van der Waals surface area (Å²) in [6, 6.07) is -1.05. The van der Waals surface area contributed by atoms with E-state index in [0.717, 1.165) is 16.2 Å². The van der Waals surface area contributed by atoms with Gasteiger partial charge in [0.1, 0.15) is 11.7 Å². The normalized spacial score (nSPS) is 21.8. The lowest BCUT2D eigenvalue weighted by molar-refractivity contribution is -0.141. The molecule has 0 bridgehead atoms. The lowest BCUT2D eigenvalue weighted by atomic mass is 10.2. The lowest BCUT2D eigenvalue weighted by Gasteiger charge is -2.19. The molecule has 0 unspecified atom stereocenters. The van der Waals surface area contributed by atoms with Crippen LogP contribution in [0.1, 0.15) is 23.8 Å². The zero-order valence-electron chi connectivity index (χ0n) is 10.6. The van der Waals surface area contributed by atoms with Crippen LogP contribution in [0.5, 0.6) is 0 Å². The molecule has 3 N–H and O–H groups in total. The molecular formula is C11H13N3O5S. The van der Waals surface area contributed by atoms with Gasteiger partial charge < -0.3 is 20.4 Å². The largest absolute Gasteiger partial charge is 0.480 e.